The molecule has 2 aliphatic heterocycles. The first-order valence-electron chi connectivity index (χ1n) is 13.3. The highest BCUT2D eigenvalue weighted by atomic mass is 16.4. The maximum absolute atomic E-state index is 12.8. The number of carbonyl (C=O) groups excluding carboxylic acids is 2. The van der Waals surface area contributed by atoms with E-state index in [-0.39, 0.29) is 11.8 Å². The van der Waals surface area contributed by atoms with Crippen LogP contribution in [-0.2, 0) is 16.0 Å². The summed E-state index contributed by atoms with van der Waals surface area (Å²) in [6.07, 6.45) is 6.60. The minimum absolute atomic E-state index is 0.246. The van der Waals surface area contributed by atoms with Crippen molar-refractivity contribution in [2.45, 2.75) is 45.6 Å². The third kappa shape index (κ3) is 5.50. The van der Waals surface area contributed by atoms with Crippen molar-refractivity contribution in [3.8, 4) is 0 Å². The van der Waals surface area contributed by atoms with Gasteiger partial charge in [-0.25, -0.2) is 4.79 Å². The molecule has 8 nitrogen and oxygen atoms in total. The van der Waals surface area contributed by atoms with Crippen LogP contribution in [0.25, 0.3) is 22.6 Å². The highest BCUT2D eigenvalue weighted by Gasteiger charge is 2.28. The fraction of sp³-hybridized carbons (Fsp3) is 0.367. The van der Waals surface area contributed by atoms with Gasteiger partial charge in [0.15, 0.2) is 0 Å². The molecular weight excluding hydrogens is 480 g/mol. The number of aryl methyl sites for hydroxylation is 1. The van der Waals surface area contributed by atoms with Gasteiger partial charge in [0.1, 0.15) is 6.04 Å². The summed E-state index contributed by atoms with van der Waals surface area (Å²) in [5.41, 5.74) is 5.08. The molecule has 1 aromatic heterocycles. The Balaban J connectivity index is 1.34. The largest absolute Gasteiger partial charge is 0.480 e. The van der Waals surface area contributed by atoms with Gasteiger partial charge in [0, 0.05) is 33.4 Å². The molecule has 3 aromatic rings. The molecule has 1 unspecified atom stereocenters. The fourth-order valence-electron chi connectivity index (χ4n) is 5.32. The Kier molecular flexibility index (Phi) is 7.33. The van der Waals surface area contributed by atoms with Crippen LogP contribution in [0.15, 0.2) is 42.5 Å². The van der Waals surface area contributed by atoms with Gasteiger partial charge in [-0.05, 0) is 99.3 Å². The highest BCUT2D eigenvalue weighted by Crippen LogP contribution is 2.34. The number of anilines is 1. The molecular formula is C30H34N4O4. The van der Waals surface area contributed by atoms with E-state index in [1.54, 1.807) is 38.1 Å². The van der Waals surface area contributed by atoms with Crippen LogP contribution in [0.2, 0.25) is 0 Å². The second kappa shape index (κ2) is 10.8. The summed E-state index contributed by atoms with van der Waals surface area (Å²) >= 11 is 0. The van der Waals surface area contributed by atoms with Crippen LogP contribution >= 0.6 is 0 Å². The van der Waals surface area contributed by atoms with Crippen molar-refractivity contribution in [1.29, 1.82) is 0 Å². The Morgan fingerprint density at radius 1 is 1.11 bits per heavy atom. The predicted molar refractivity (Wildman–Crippen MR) is 149 cm³/mol. The van der Waals surface area contributed by atoms with Gasteiger partial charge in [-0.3, -0.25) is 9.59 Å². The number of aliphatic carboxylic acids is 1. The monoisotopic (exact) mass is 514 g/mol. The number of likely N-dealkylation sites (tertiary alicyclic amines) is 1. The van der Waals surface area contributed by atoms with E-state index in [1.807, 2.05) is 6.07 Å². The lowest BCUT2D eigenvalue weighted by Gasteiger charge is -2.18. The number of aromatic amines is 1. The molecule has 4 N–H and O–H groups in total. The average molecular weight is 515 g/mol. The van der Waals surface area contributed by atoms with Crippen molar-refractivity contribution >= 4 is 46.0 Å². The van der Waals surface area contributed by atoms with E-state index in [1.165, 1.54) is 31.5 Å². The molecule has 0 spiro atoms. The smallest absolute Gasteiger partial charge is 0.326 e. The van der Waals surface area contributed by atoms with Crippen molar-refractivity contribution in [3.63, 3.8) is 0 Å². The molecule has 2 aromatic carbocycles. The molecule has 2 amide bonds. The van der Waals surface area contributed by atoms with E-state index in [4.69, 9.17) is 0 Å². The number of carbonyl (C=O) groups is 3. The van der Waals surface area contributed by atoms with Crippen LogP contribution < -0.4 is 10.6 Å². The predicted octanol–water partition coefficient (Wildman–Crippen LogP) is 4.53. The molecule has 198 valence electrons. The molecule has 0 saturated carbocycles. The summed E-state index contributed by atoms with van der Waals surface area (Å²) in [5, 5.41) is 15.9. The van der Waals surface area contributed by atoms with E-state index >= 15 is 0 Å². The number of H-pyrrole nitrogens is 1. The molecule has 8 heteroatoms. The molecule has 2 aliphatic rings. The van der Waals surface area contributed by atoms with Crippen LogP contribution in [0.5, 0.6) is 0 Å². The van der Waals surface area contributed by atoms with Crippen molar-refractivity contribution < 1.29 is 19.5 Å². The number of benzene rings is 2. The molecule has 38 heavy (non-hydrogen) atoms. The van der Waals surface area contributed by atoms with Crippen molar-refractivity contribution in [3.05, 3.63) is 64.8 Å². The molecule has 1 fully saturated rings. The van der Waals surface area contributed by atoms with E-state index < -0.39 is 17.9 Å². The van der Waals surface area contributed by atoms with Crippen LogP contribution in [0.3, 0.4) is 0 Å². The highest BCUT2D eigenvalue weighted by molar-refractivity contribution is 6.35. The number of carboxylic acids is 1. The summed E-state index contributed by atoms with van der Waals surface area (Å²) in [6.45, 7) is 7.06. The number of nitrogens with zero attached hydrogens (tertiary/aromatic N) is 1. The molecule has 1 atom stereocenters. The lowest BCUT2D eigenvalue weighted by molar-refractivity contribution is -0.140. The topological polar surface area (TPSA) is 115 Å². The third-order valence-electron chi connectivity index (χ3n) is 7.43. The van der Waals surface area contributed by atoms with Gasteiger partial charge in [0.05, 0.1) is 5.57 Å². The summed E-state index contributed by atoms with van der Waals surface area (Å²) in [5.74, 6) is -2.09. The standard InChI is InChI=1S/C30H34N4O4/c1-18(2)27(30(37)38)33-28(35)20-8-10-26-23(16-20)24(29(36)32-26)17-22-15-21-14-19(7-9-25(21)31-22)6-5-13-34-11-3-4-12-34/h7-10,14-18,27,31H,3-6,11-13H2,1-2H3,(H,32,36)(H,33,35)(H,37,38)/b24-17+. The van der Waals surface area contributed by atoms with Gasteiger partial charge >= 0.3 is 5.97 Å². The van der Waals surface area contributed by atoms with E-state index in [2.05, 4.69) is 38.7 Å². The Labute approximate surface area is 222 Å². The van der Waals surface area contributed by atoms with E-state index in [9.17, 15) is 19.5 Å². The second-order valence-corrected chi connectivity index (χ2v) is 10.6. The Bertz CT molecular complexity index is 1410. The SMILES string of the molecule is CC(C)C(NC(=O)c1ccc2c(c1)/C(=C\c1cc3cc(CCCN4CCCC4)ccc3[nH]1)C(=O)N2)C(=O)O. The first-order valence-corrected chi connectivity index (χ1v) is 13.3. The van der Waals surface area contributed by atoms with Crippen LogP contribution in [0.4, 0.5) is 5.69 Å². The van der Waals surface area contributed by atoms with Gasteiger partial charge in [0.2, 0.25) is 0 Å². The lowest BCUT2D eigenvalue weighted by atomic mass is 10.0. The summed E-state index contributed by atoms with van der Waals surface area (Å²) in [7, 11) is 0. The summed E-state index contributed by atoms with van der Waals surface area (Å²) < 4.78 is 0. The summed E-state index contributed by atoms with van der Waals surface area (Å²) in [4.78, 5) is 43.0. The number of carboxylic acid groups (broad SMARTS) is 1. The Morgan fingerprint density at radius 2 is 1.89 bits per heavy atom. The molecule has 0 radical (unpaired) electrons. The van der Waals surface area contributed by atoms with Crippen LogP contribution in [0, 0.1) is 5.92 Å². The van der Waals surface area contributed by atoms with Crippen LogP contribution in [-0.4, -0.2) is 58.5 Å². The zero-order valence-corrected chi connectivity index (χ0v) is 21.8. The molecule has 5 rings (SSSR count). The average Bonchev–Trinajstić information content (AvgIpc) is 3.61. The number of fused-ring (bicyclic) bond motifs is 2. The zero-order valence-electron chi connectivity index (χ0n) is 21.8. The van der Waals surface area contributed by atoms with Gasteiger partial charge in [-0.2, -0.15) is 0 Å². The first-order chi connectivity index (χ1) is 18.3. The van der Waals surface area contributed by atoms with Gasteiger partial charge in [0.25, 0.3) is 11.8 Å². The zero-order chi connectivity index (χ0) is 26.8. The van der Waals surface area contributed by atoms with Gasteiger partial charge < -0.3 is 25.6 Å². The molecule has 0 aliphatic carbocycles. The van der Waals surface area contributed by atoms with Crippen molar-refractivity contribution in [2.75, 3.05) is 25.0 Å². The molecule has 3 heterocycles. The lowest BCUT2D eigenvalue weighted by Crippen LogP contribution is -2.44. The van der Waals surface area contributed by atoms with Crippen LogP contribution in [0.1, 0.15) is 60.3 Å². The minimum Gasteiger partial charge on any atom is -0.480 e. The van der Waals surface area contributed by atoms with Gasteiger partial charge in [-0.1, -0.05) is 19.9 Å². The summed E-state index contributed by atoms with van der Waals surface area (Å²) in [6, 6.07) is 12.4. The number of nitrogens with one attached hydrogen (secondary N) is 3. The van der Waals surface area contributed by atoms with E-state index in [0.29, 0.717) is 22.4 Å². The quantitative estimate of drug-likeness (QED) is 0.313. The molecule has 0 bridgehead atoms. The third-order valence-corrected chi connectivity index (χ3v) is 7.43. The maximum Gasteiger partial charge on any atom is 0.326 e. The van der Waals surface area contributed by atoms with E-state index in [0.717, 1.165) is 36.0 Å². The Morgan fingerprint density at radius 3 is 2.63 bits per heavy atom. The molecule has 1 saturated heterocycles. The van der Waals surface area contributed by atoms with Crippen molar-refractivity contribution in [2.24, 2.45) is 5.92 Å². The van der Waals surface area contributed by atoms with Crippen molar-refractivity contribution in [1.82, 2.24) is 15.2 Å². The number of aromatic nitrogens is 1. The number of rotatable bonds is 9. The number of hydrogen-bond acceptors (Lipinski definition) is 4. The number of amides is 2. The minimum atomic E-state index is -1.08. The number of hydrogen-bond donors (Lipinski definition) is 4. The Hall–Kier alpha value is -3.91. The normalized spacial score (nSPS) is 17.2. The first kappa shape index (κ1) is 25.7. The second-order valence-electron chi connectivity index (χ2n) is 10.6. The maximum atomic E-state index is 12.8. The van der Waals surface area contributed by atoms with Gasteiger partial charge in [-0.15, -0.1) is 0 Å². The fourth-order valence-corrected chi connectivity index (χ4v) is 5.32.